The molecule has 0 saturated carbocycles. The lowest BCUT2D eigenvalue weighted by atomic mass is 10.1. The number of hydrogen-bond donors (Lipinski definition) is 1. The van der Waals surface area contributed by atoms with Crippen molar-refractivity contribution in [3.05, 3.63) is 54.1 Å². The topological polar surface area (TPSA) is 35.2 Å². The van der Waals surface area contributed by atoms with E-state index in [0.717, 1.165) is 30.0 Å². The third kappa shape index (κ3) is 3.00. The lowest BCUT2D eigenvalue weighted by Crippen LogP contribution is -1.92. The molecule has 0 saturated heterocycles. The van der Waals surface area contributed by atoms with Crippen LogP contribution in [0, 0.1) is 0 Å². The van der Waals surface area contributed by atoms with Gasteiger partial charge in [0.05, 0.1) is 0 Å². The molecule has 88 valence electrons. The zero-order valence-corrected chi connectivity index (χ0v) is 10.0. The highest BCUT2D eigenvalue weighted by molar-refractivity contribution is 5.46. The predicted molar refractivity (Wildman–Crippen MR) is 71.4 cm³/mol. The Kier molecular flexibility index (Phi) is 3.66. The van der Waals surface area contributed by atoms with Gasteiger partial charge in [-0.3, -0.25) is 0 Å². The van der Waals surface area contributed by atoms with Crippen LogP contribution in [0.3, 0.4) is 0 Å². The molecule has 2 aromatic carbocycles. The van der Waals surface area contributed by atoms with Gasteiger partial charge < -0.3 is 10.5 Å². The molecule has 2 rings (SSSR count). The molecular formula is C15H17NO. The van der Waals surface area contributed by atoms with Crippen molar-refractivity contribution in [2.75, 3.05) is 5.73 Å². The second kappa shape index (κ2) is 5.39. The number of ether oxygens (including phenoxy) is 1. The second-order valence-corrected chi connectivity index (χ2v) is 4.03. The monoisotopic (exact) mass is 227 g/mol. The molecule has 17 heavy (non-hydrogen) atoms. The van der Waals surface area contributed by atoms with E-state index in [4.69, 9.17) is 10.5 Å². The van der Waals surface area contributed by atoms with Crippen LogP contribution in [0.25, 0.3) is 0 Å². The normalized spacial score (nSPS) is 10.2. The van der Waals surface area contributed by atoms with E-state index in [1.165, 1.54) is 5.56 Å². The zero-order valence-electron chi connectivity index (χ0n) is 10.0. The van der Waals surface area contributed by atoms with E-state index < -0.39 is 0 Å². The first-order valence-corrected chi connectivity index (χ1v) is 5.91. The predicted octanol–water partition coefficient (Wildman–Crippen LogP) is 4.01. The summed E-state index contributed by atoms with van der Waals surface area (Å²) < 4.78 is 5.86. The Balaban J connectivity index is 2.23. The van der Waals surface area contributed by atoms with E-state index in [1.807, 2.05) is 42.5 Å². The van der Waals surface area contributed by atoms with E-state index in [-0.39, 0.29) is 0 Å². The number of aryl methyl sites for hydroxylation is 1. The second-order valence-electron chi connectivity index (χ2n) is 4.03. The number of nitrogens with two attached hydrogens (primary N) is 1. The minimum atomic E-state index is 0.718. The average Bonchev–Trinajstić information content (AvgIpc) is 2.32. The van der Waals surface area contributed by atoms with Crippen LogP contribution in [0.15, 0.2) is 48.5 Å². The van der Waals surface area contributed by atoms with Crippen LogP contribution < -0.4 is 10.5 Å². The van der Waals surface area contributed by atoms with Crippen molar-refractivity contribution in [3.8, 4) is 11.5 Å². The lowest BCUT2D eigenvalue weighted by Gasteiger charge is -2.10. The van der Waals surface area contributed by atoms with Gasteiger partial charge in [0.2, 0.25) is 0 Å². The molecule has 0 unspecified atom stereocenters. The molecular weight excluding hydrogens is 210 g/mol. The van der Waals surface area contributed by atoms with Gasteiger partial charge in [0, 0.05) is 11.8 Å². The Morgan fingerprint density at radius 3 is 2.65 bits per heavy atom. The quantitative estimate of drug-likeness (QED) is 0.801. The van der Waals surface area contributed by atoms with Crippen LogP contribution in [0.5, 0.6) is 11.5 Å². The number of para-hydroxylation sites is 1. The third-order valence-electron chi connectivity index (χ3n) is 2.58. The molecule has 0 spiro atoms. The van der Waals surface area contributed by atoms with E-state index in [9.17, 15) is 0 Å². The SMILES string of the molecule is CCCc1ccccc1Oc1cccc(N)c1. The third-order valence-corrected chi connectivity index (χ3v) is 2.58. The van der Waals surface area contributed by atoms with E-state index in [1.54, 1.807) is 0 Å². The minimum absolute atomic E-state index is 0.718. The highest BCUT2D eigenvalue weighted by Gasteiger charge is 2.03. The molecule has 0 fully saturated rings. The largest absolute Gasteiger partial charge is 0.457 e. The molecule has 0 aromatic heterocycles. The van der Waals surface area contributed by atoms with Crippen LogP contribution in [0.4, 0.5) is 5.69 Å². The fourth-order valence-corrected chi connectivity index (χ4v) is 1.78. The molecule has 2 N–H and O–H groups in total. The van der Waals surface area contributed by atoms with E-state index >= 15 is 0 Å². The molecule has 0 aliphatic heterocycles. The molecule has 2 heteroatoms. The zero-order chi connectivity index (χ0) is 12.1. The summed E-state index contributed by atoms with van der Waals surface area (Å²) in [5, 5.41) is 0. The first kappa shape index (κ1) is 11.5. The number of rotatable bonds is 4. The van der Waals surface area contributed by atoms with Gasteiger partial charge in [-0.2, -0.15) is 0 Å². The van der Waals surface area contributed by atoms with E-state index in [2.05, 4.69) is 13.0 Å². The van der Waals surface area contributed by atoms with Crippen molar-refractivity contribution in [1.82, 2.24) is 0 Å². The molecule has 0 heterocycles. The Labute approximate surface area is 102 Å². The first-order chi connectivity index (χ1) is 8.29. The van der Waals surface area contributed by atoms with Gasteiger partial charge in [-0.05, 0) is 30.2 Å². The molecule has 0 aliphatic carbocycles. The summed E-state index contributed by atoms with van der Waals surface area (Å²) in [5.41, 5.74) is 7.68. The molecule has 0 aliphatic rings. The smallest absolute Gasteiger partial charge is 0.130 e. The molecule has 0 atom stereocenters. The van der Waals surface area contributed by atoms with Gasteiger partial charge in [0.1, 0.15) is 11.5 Å². The number of nitrogen functional groups attached to an aromatic ring is 1. The maximum Gasteiger partial charge on any atom is 0.130 e. The van der Waals surface area contributed by atoms with Crippen LogP contribution in [-0.4, -0.2) is 0 Å². The van der Waals surface area contributed by atoms with Crippen molar-refractivity contribution < 1.29 is 4.74 Å². The van der Waals surface area contributed by atoms with Gasteiger partial charge in [0.15, 0.2) is 0 Å². The average molecular weight is 227 g/mol. The van der Waals surface area contributed by atoms with Gasteiger partial charge in [0.25, 0.3) is 0 Å². The molecule has 0 bridgehead atoms. The molecule has 0 amide bonds. The molecule has 2 nitrogen and oxygen atoms in total. The summed E-state index contributed by atoms with van der Waals surface area (Å²) in [7, 11) is 0. The Morgan fingerprint density at radius 2 is 1.88 bits per heavy atom. The highest BCUT2D eigenvalue weighted by Crippen LogP contribution is 2.27. The molecule has 0 radical (unpaired) electrons. The van der Waals surface area contributed by atoms with E-state index in [0.29, 0.717) is 0 Å². The van der Waals surface area contributed by atoms with Crippen LogP contribution in [0.1, 0.15) is 18.9 Å². The van der Waals surface area contributed by atoms with Crippen molar-refractivity contribution in [3.63, 3.8) is 0 Å². The summed E-state index contributed by atoms with van der Waals surface area (Å²) in [6.07, 6.45) is 2.13. The fraction of sp³-hybridized carbons (Fsp3) is 0.200. The Morgan fingerprint density at radius 1 is 1.06 bits per heavy atom. The number of anilines is 1. The summed E-state index contributed by atoms with van der Waals surface area (Å²) in [6.45, 7) is 2.16. The maximum atomic E-state index is 5.86. The Bertz CT molecular complexity index is 494. The van der Waals surface area contributed by atoms with Crippen molar-refractivity contribution in [2.24, 2.45) is 0 Å². The van der Waals surface area contributed by atoms with Crippen LogP contribution in [-0.2, 0) is 6.42 Å². The summed E-state index contributed by atoms with van der Waals surface area (Å²) in [4.78, 5) is 0. The van der Waals surface area contributed by atoms with Gasteiger partial charge in [-0.1, -0.05) is 37.6 Å². The van der Waals surface area contributed by atoms with Gasteiger partial charge in [-0.15, -0.1) is 0 Å². The standard InChI is InChI=1S/C15H17NO/c1-2-6-12-7-3-4-10-15(12)17-14-9-5-8-13(16)11-14/h3-5,7-11H,2,6,16H2,1H3. The van der Waals surface area contributed by atoms with Gasteiger partial charge >= 0.3 is 0 Å². The van der Waals surface area contributed by atoms with Crippen LogP contribution in [0.2, 0.25) is 0 Å². The summed E-state index contributed by atoms with van der Waals surface area (Å²) in [5.74, 6) is 1.70. The lowest BCUT2D eigenvalue weighted by molar-refractivity contribution is 0.476. The fourth-order valence-electron chi connectivity index (χ4n) is 1.78. The van der Waals surface area contributed by atoms with Crippen molar-refractivity contribution in [2.45, 2.75) is 19.8 Å². The Hall–Kier alpha value is -1.96. The van der Waals surface area contributed by atoms with Gasteiger partial charge in [-0.25, -0.2) is 0 Å². The number of benzene rings is 2. The van der Waals surface area contributed by atoms with Crippen LogP contribution >= 0.6 is 0 Å². The van der Waals surface area contributed by atoms with Crippen molar-refractivity contribution >= 4 is 5.69 Å². The first-order valence-electron chi connectivity index (χ1n) is 5.91. The number of hydrogen-bond acceptors (Lipinski definition) is 2. The summed E-state index contributed by atoms with van der Waals surface area (Å²) >= 11 is 0. The minimum Gasteiger partial charge on any atom is -0.457 e. The highest BCUT2D eigenvalue weighted by atomic mass is 16.5. The molecule has 2 aromatic rings. The summed E-state index contributed by atoms with van der Waals surface area (Å²) in [6, 6.07) is 15.6. The maximum absolute atomic E-state index is 5.86. The van der Waals surface area contributed by atoms with Crippen molar-refractivity contribution in [1.29, 1.82) is 0 Å².